The summed E-state index contributed by atoms with van der Waals surface area (Å²) in [4.78, 5) is 11.2. The number of carboxylic acid groups (broad SMARTS) is 1. The van der Waals surface area contributed by atoms with Crippen molar-refractivity contribution in [2.24, 2.45) is 22.7 Å². The Hall–Kier alpha value is -0.610. The van der Waals surface area contributed by atoms with Crippen LogP contribution in [0.3, 0.4) is 0 Å². The van der Waals surface area contributed by atoms with Crippen molar-refractivity contribution in [2.75, 3.05) is 0 Å². The minimum atomic E-state index is -0.723. The summed E-state index contributed by atoms with van der Waals surface area (Å²) in [5.74, 6) is -0.202. The lowest BCUT2D eigenvalue weighted by atomic mass is 9.57. The third kappa shape index (κ3) is 2.06. The van der Waals surface area contributed by atoms with Gasteiger partial charge in [-0.1, -0.05) is 13.8 Å². The molecular weight excluding hydrogens is 280 g/mol. The van der Waals surface area contributed by atoms with Gasteiger partial charge in [-0.05, 0) is 58.3 Å². The summed E-state index contributed by atoms with van der Waals surface area (Å²) in [5.41, 5.74) is -1.43. The Morgan fingerprint density at radius 2 is 1.86 bits per heavy atom. The lowest BCUT2D eigenvalue weighted by molar-refractivity contribution is -0.199. The van der Waals surface area contributed by atoms with E-state index >= 15 is 0 Å². The number of rotatable bonds is 3. The molecule has 0 bridgehead atoms. The van der Waals surface area contributed by atoms with E-state index in [0.717, 1.165) is 25.7 Å². The highest BCUT2D eigenvalue weighted by atomic mass is 16.5. The number of fused-ring (bicyclic) bond motifs is 3. The number of carbonyl (C=O) groups is 1. The summed E-state index contributed by atoms with van der Waals surface area (Å²) in [6.07, 6.45) is 3.58. The van der Waals surface area contributed by atoms with Gasteiger partial charge in [0.25, 0.3) is 0 Å². The van der Waals surface area contributed by atoms with Crippen LogP contribution in [0.5, 0.6) is 0 Å². The van der Waals surface area contributed by atoms with Gasteiger partial charge in [-0.15, -0.1) is 0 Å². The average Bonchev–Trinajstić information content (AvgIpc) is 2.98. The molecule has 3 fully saturated rings. The average molecular weight is 310 g/mol. The minimum absolute atomic E-state index is 0.00664. The van der Waals surface area contributed by atoms with Gasteiger partial charge in [-0.2, -0.15) is 0 Å². The number of aliphatic carboxylic acids is 1. The predicted octanol–water partition coefficient (Wildman–Crippen LogP) is 3.22. The quantitative estimate of drug-likeness (QED) is 0.840. The molecule has 0 aromatic heterocycles. The molecule has 0 spiro atoms. The van der Waals surface area contributed by atoms with Crippen LogP contribution in [0, 0.1) is 22.7 Å². The largest absolute Gasteiger partial charge is 0.481 e. The van der Waals surface area contributed by atoms with Gasteiger partial charge in [0.15, 0.2) is 0 Å². The molecule has 0 heterocycles. The van der Waals surface area contributed by atoms with Crippen LogP contribution in [-0.2, 0) is 9.53 Å². The van der Waals surface area contributed by atoms with Gasteiger partial charge in [0.05, 0.1) is 17.3 Å². The third-order valence-corrected chi connectivity index (χ3v) is 6.86. The number of carboxylic acids is 1. The molecule has 22 heavy (non-hydrogen) atoms. The van der Waals surface area contributed by atoms with Gasteiger partial charge >= 0.3 is 5.97 Å². The summed E-state index contributed by atoms with van der Waals surface area (Å²) in [6.45, 7) is 10.4. The molecular formula is C18H30O4. The topological polar surface area (TPSA) is 66.8 Å². The number of hydrogen-bond donors (Lipinski definition) is 2. The second-order valence-electron chi connectivity index (χ2n) is 9.33. The molecule has 0 aromatic carbocycles. The van der Waals surface area contributed by atoms with Crippen LogP contribution < -0.4 is 0 Å². The Morgan fingerprint density at radius 1 is 1.23 bits per heavy atom. The van der Waals surface area contributed by atoms with Crippen molar-refractivity contribution in [3.05, 3.63) is 0 Å². The van der Waals surface area contributed by atoms with Crippen LogP contribution in [-0.4, -0.2) is 33.5 Å². The molecule has 3 saturated carbocycles. The Morgan fingerprint density at radius 3 is 2.41 bits per heavy atom. The molecule has 0 radical (unpaired) electrons. The minimum Gasteiger partial charge on any atom is -0.481 e. The normalized spacial score (nSPS) is 50.4. The van der Waals surface area contributed by atoms with Crippen LogP contribution in [0.15, 0.2) is 0 Å². The van der Waals surface area contributed by atoms with Crippen molar-refractivity contribution in [2.45, 2.75) is 84.0 Å². The standard InChI is InChI=1S/C18H30O4/c1-15(2,3)22-13-6-7-18(21)16(4)10-12(16)11(8-14(19)20)9-17(13,18)5/h11-13,21H,6-10H2,1-5H3,(H,19,20)/t11-,12+,13+,16+,17-,18+/m1/s1. The molecule has 126 valence electrons. The van der Waals surface area contributed by atoms with E-state index in [1.165, 1.54) is 0 Å². The summed E-state index contributed by atoms with van der Waals surface area (Å²) in [6, 6.07) is 0. The van der Waals surface area contributed by atoms with Crippen molar-refractivity contribution in [1.82, 2.24) is 0 Å². The first-order valence-electron chi connectivity index (χ1n) is 8.55. The summed E-state index contributed by atoms with van der Waals surface area (Å²) in [5, 5.41) is 20.8. The number of aliphatic hydroxyl groups is 1. The molecule has 4 heteroatoms. The first-order chi connectivity index (χ1) is 9.93. The zero-order valence-electron chi connectivity index (χ0n) is 14.5. The van der Waals surface area contributed by atoms with Crippen LogP contribution >= 0.6 is 0 Å². The van der Waals surface area contributed by atoms with E-state index in [1.54, 1.807) is 0 Å². The van der Waals surface area contributed by atoms with Crippen LogP contribution in [0.2, 0.25) is 0 Å². The van der Waals surface area contributed by atoms with Crippen molar-refractivity contribution < 1.29 is 19.7 Å². The van der Waals surface area contributed by atoms with Gasteiger partial charge in [-0.25, -0.2) is 0 Å². The smallest absolute Gasteiger partial charge is 0.303 e. The number of ether oxygens (including phenoxy) is 1. The highest BCUT2D eigenvalue weighted by Gasteiger charge is 2.77. The summed E-state index contributed by atoms with van der Waals surface area (Å²) < 4.78 is 6.29. The van der Waals surface area contributed by atoms with Gasteiger partial charge in [-0.3, -0.25) is 4.79 Å². The van der Waals surface area contributed by atoms with Crippen LogP contribution in [0.4, 0.5) is 0 Å². The molecule has 0 amide bonds. The molecule has 2 N–H and O–H groups in total. The van der Waals surface area contributed by atoms with Gasteiger partial charge in [0, 0.05) is 17.3 Å². The lowest BCUT2D eigenvalue weighted by Gasteiger charge is -2.53. The molecule has 6 atom stereocenters. The maximum Gasteiger partial charge on any atom is 0.303 e. The SMILES string of the molecule is CC(C)(C)O[C@H]1CC[C@]2(O)[C@@]3(C)C[C@H]3[C@H](CC(=O)O)C[C@]12C. The highest BCUT2D eigenvalue weighted by molar-refractivity contribution is 5.67. The Balaban J connectivity index is 1.92. The molecule has 0 unspecified atom stereocenters. The molecule has 4 nitrogen and oxygen atoms in total. The predicted molar refractivity (Wildman–Crippen MR) is 83.5 cm³/mol. The molecule has 3 aliphatic rings. The fourth-order valence-electron chi connectivity index (χ4n) is 5.75. The highest BCUT2D eigenvalue weighted by Crippen LogP contribution is 2.76. The van der Waals surface area contributed by atoms with Gasteiger partial charge in [0.2, 0.25) is 0 Å². The van der Waals surface area contributed by atoms with E-state index in [9.17, 15) is 15.0 Å². The van der Waals surface area contributed by atoms with Crippen molar-refractivity contribution in [3.63, 3.8) is 0 Å². The first kappa shape index (κ1) is 16.3. The zero-order valence-corrected chi connectivity index (χ0v) is 14.5. The van der Waals surface area contributed by atoms with Crippen LogP contribution in [0.1, 0.15) is 66.7 Å². The second kappa shape index (κ2) is 4.47. The van der Waals surface area contributed by atoms with Crippen molar-refractivity contribution in [1.29, 1.82) is 0 Å². The molecule has 3 rings (SSSR count). The van der Waals surface area contributed by atoms with E-state index in [-0.39, 0.29) is 34.9 Å². The van der Waals surface area contributed by atoms with E-state index in [0.29, 0.717) is 5.92 Å². The van der Waals surface area contributed by atoms with Crippen LogP contribution in [0.25, 0.3) is 0 Å². The van der Waals surface area contributed by atoms with Crippen molar-refractivity contribution >= 4 is 5.97 Å². The Labute approximate surface area is 133 Å². The molecule has 0 aliphatic heterocycles. The molecule has 0 aromatic rings. The maximum absolute atomic E-state index is 11.5. The molecule has 0 saturated heterocycles. The zero-order chi connectivity index (χ0) is 16.6. The van der Waals surface area contributed by atoms with E-state index in [4.69, 9.17) is 4.74 Å². The van der Waals surface area contributed by atoms with E-state index < -0.39 is 11.6 Å². The Kier molecular flexibility index (Phi) is 3.31. The summed E-state index contributed by atoms with van der Waals surface area (Å²) >= 11 is 0. The number of hydrogen-bond acceptors (Lipinski definition) is 3. The maximum atomic E-state index is 11.5. The van der Waals surface area contributed by atoms with Crippen molar-refractivity contribution in [3.8, 4) is 0 Å². The Bertz CT molecular complexity index is 496. The fourth-order valence-corrected chi connectivity index (χ4v) is 5.75. The van der Waals surface area contributed by atoms with E-state index in [1.807, 2.05) is 20.8 Å². The fraction of sp³-hybridized carbons (Fsp3) is 0.944. The second-order valence-corrected chi connectivity index (χ2v) is 9.33. The van der Waals surface area contributed by atoms with Gasteiger partial charge < -0.3 is 14.9 Å². The van der Waals surface area contributed by atoms with E-state index in [2.05, 4.69) is 13.8 Å². The lowest BCUT2D eigenvalue weighted by Crippen LogP contribution is -2.58. The molecule has 3 aliphatic carbocycles. The monoisotopic (exact) mass is 310 g/mol. The summed E-state index contributed by atoms with van der Waals surface area (Å²) in [7, 11) is 0. The third-order valence-electron chi connectivity index (χ3n) is 6.86. The first-order valence-corrected chi connectivity index (χ1v) is 8.55. The van der Waals surface area contributed by atoms with Gasteiger partial charge in [0.1, 0.15) is 0 Å².